The van der Waals surface area contributed by atoms with Crippen LogP contribution in [0.5, 0.6) is 5.75 Å². The third-order valence-electron chi connectivity index (χ3n) is 5.71. The van der Waals surface area contributed by atoms with Crippen molar-refractivity contribution in [2.45, 2.75) is 31.6 Å². The van der Waals surface area contributed by atoms with Crippen LogP contribution < -0.4 is 4.74 Å². The summed E-state index contributed by atoms with van der Waals surface area (Å²) in [5.74, 6) is 0.610. The molecule has 1 aliphatic heterocycles. The molecule has 1 amide bonds. The van der Waals surface area contributed by atoms with E-state index in [0.717, 1.165) is 32.6 Å². The number of nitrogens with zero attached hydrogens (tertiary/aromatic N) is 3. The molecule has 32 heavy (non-hydrogen) atoms. The molecule has 0 bridgehead atoms. The summed E-state index contributed by atoms with van der Waals surface area (Å²) in [5, 5.41) is 0. The maximum absolute atomic E-state index is 12.8. The molecular formula is C23H39N3O5S. The van der Waals surface area contributed by atoms with Gasteiger partial charge in [-0.15, -0.1) is 0 Å². The van der Waals surface area contributed by atoms with Crippen LogP contribution in [-0.2, 0) is 19.4 Å². The molecule has 0 radical (unpaired) electrons. The van der Waals surface area contributed by atoms with E-state index in [9.17, 15) is 13.2 Å². The highest BCUT2D eigenvalue weighted by molar-refractivity contribution is 7.91. The van der Waals surface area contributed by atoms with Crippen LogP contribution >= 0.6 is 0 Å². The highest BCUT2D eigenvalue weighted by atomic mass is 32.2. The number of aryl methyl sites for hydroxylation is 2. The van der Waals surface area contributed by atoms with Gasteiger partial charge in [-0.25, -0.2) is 8.42 Å². The van der Waals surface area contributed by atoms with Gasteiger partial charge in [0.15, 0.2) is 9.84 Å². The highest BCUT2D eigenvalue weighted by Crippen LogP contribution is 2.26. The van der Waals surface area contributed by atoms with E-state index < -0.39 is 9.84 Å². The van der Waals surface area contributed by atoms with Crippen LogP contribution in [0, 0.1) is 13.8 Å². The summed E-state index contributed by atoms with van der Waals surface area (Å²) in [6, 6.07) is 3.47. The van der Waals surface area contributed by atoms with Crippen molar-refractivity contribution < 1.29 is 22.7 Å². The lowest BCUT2D eigenvalue weighted by molar-refractivity contribution is -0.137. The van der Waals surface area contributed by atoms with Crippen LogP contribution in [0.1, 0.15) is 24.0 Å². The second kappa shape index (κ2) is 12.5. The fraction of sp³-hybridized carbons (Fsp3) is 0.696. The normalized spacial score (nSPS) is 15.4. The number of carbonyl (C=O) groups excluding carboxylic acids is 1. The van der Waals surface area contributed by atoms with Gasteiger partial charge in [0.05, 0.1) is 17.8 Å². The van der Waals surface area contributed by atoms with Gasteiger partial charge in [-0.3, -0.25) is 9.69 Å². The van der Waals surface area contributed by atoms with Crippen LogP contribution in [0.2, 0.25) is 0 Å². The predicted octanol–water partition coefficient (Wildman–Crippen LogP) is 1.59. The lowest BCUT2D eigenvalue weighted by Gasteiger charge is -2.34. The number of ether oxygens (including phenoxy) is 2. The molecule has 0 N–H and O–H groups in total. The number of hydrogen-bond acceptors (Lipinski definition) is 7. The quantitative estimate of drug-likeness (QED) is 0.430. The molecule has 0 aliphatic carbocycles. The Hall–Kier alpha value is -1.68. The number of carbonyl (C=O) groups is 1. The molecule has 2 rings (SSSR count). The van der Waals surface area contributed by atoms with Gasteiger partial charge >= 0.3 is 0 Å². The van der Waals surface area contributed by atoms with Gasteiger partial charge in [-0.2, -0.15) is 0 Å². The van der Waals surface area contributed by atoms with Crippen molar-refractivity contribution in [2.24, 2.45) is 0 Å². The molecule has 1 aromatic carbocycles. The Labute approximate surface area is 193 Å². The average Bonchev–Trinajstić information content (AvgIpc) is 2.72. The minimum absolute atomic E-state index is 0.00126. The second-order valence-corrected chi connectivity index (χ2v) is 10.7. The third-order valence-corrected chi connectivity index (χ3v) is 7.80. The standard InChI is InChI=1S/C23H39N3O5S/c1-19-16-21(30-5)17-20(2)23(19)32(28,29)15-7-14-31-18-22(27)26-12-10-25(11-13-26)9-6-8-24(3)4/h16-17H,6-15,18H2,1-5H3. The van der Waals surface area contributed by atoms with E-state index in [1.807, 2.05) is 4.90 Å². The molecule has 0 spiro atoms. The van der Waals surface area contributed by atoms with Gasteiger partial charge in [0, 0.05) is 32.8 Å². The summed E-state index contributed by atoms with van der Waals surface area (Å²) < 4.78 is 36.3. The van der Waals surface area contributed by atoms with Crippen molar-refractivity contribution in [3.05, 3.63) is 23.3 Å². The van der Waals surface area contributed by atoms with Crippen molar-refractivity contribution in [1.82, 2.24) is 14.7 Å². The SMILES string of the molecule is COc1cc(C)c(S(=O)(=O)CCCOCC(=O)N2CCN(CCCN(C)C)CC2)c(C)c1. The van der Waals surface area contributed by atoms with E-state index >= 15 is 0 Å². The molecule has 182 valence electrons. The van der Waals surface area contributed by atoms with Gasteiger partial charge in [-0.05, 0) is 77.1 Å². The van der Waals surface area contributed by atoms with Gasteiger partial charge in [0.1, 0.15) is 12.4 Å². The molecule has 1 saturated heterocycles. The first kappa shape index (κ1) is 26.6. The molecule has 0 atom stereocenters. The molecular weight excluding hydrogens is 430 g/mol. The lowest BCUT2D eigenvalue weighted by atomic mass is 10.1. The third kappa shape index (κ3) is 8.03. The van der Waals surface area contributed by atoms with Crippen LogP contribution in [0.25, 0.3) is 0 Å². The maximum Gasteiger partial charge on any atom is 0.248 e. The van der Waals surface area contributed by atoms with Crippen molar-refractivity contribution in [2.75, 3.05) is 79.4 Å². The molecule has 1 aliphatic rings. The zero-order chi connectivity index (χ0) is 23.7. The molecule has 9 heteroatoms. The number of amides is 1. The van der Waals surface area contributed by atoms with Crippen LogP contribution in [0.4, 0.5) is 0 Å². The summed E-state index contributed by atoms with van der Waals surface area (Å²) in [6.07, 6.45) is 1.47. The van der Waals surface area contributed by atoms with E-state index in [2.05, 4.69) is 23.9 Å². The molecule has 1 heterocycles. The zero-order valence-electron chi connectivity index (χ0n) is 20.2. The number of benzene rings is 1. The topological polar surface area (TPSA) is 79.4 Å². The Morgan fingerprint density at radius 2 is 1.69 bits per heavy atom. The largest absolute Gasteiger partial charge is 0.497 e. The van der Waals surface area contributed by atoms with Crippen molar-refractivity contribution in [1.29, 1.82) is 0 Å². The predicted molar refractivity (Wildman–Crippen MR) is 126 cm³/mol. The number of piperazine rings is 1. The first-order chi connectivity index (χ1) is 15.1. The summed E-state index contributed by atoms with van der Waals surface area (Å²) in [7, 11) is 2.29. The summed E-state index contributed by atoms with van der Waals surface area (Å²) >= 11 is 0. The van der Waals surface area contributed by atoms with Gasteiger partial charge in [0.25, 0.3) is 0 Å². The minimum atomic E-state index is -3.43. The van der Waals surface area contributed by atoms with Gasteiger partial charge in [-0.1, -0.05) is 0 Å². The van der Waals surface area contributed by atoms with Crippen molar-refractivity contribution >= 4 is 15.7 Å². The molecule has 0 unspecified atom stereocenters. The Morgan fingerprint density at radius 1 is 1.06 bits per heavy atom. The molecule has 1 aromatic rings. The Kier molecular flexibility index (Phi) is 10.4. The lowest BCUT2D eigenvalue weighted by Crippen LogP contribution is -2.50. The zero-order valence-corrected chi connectivity index (χ0v) is 21.0. The van der Waals surface area contributed by atoms with Crippen molar-refractivity contribution in [3.8, 4) is 5.75 Å². The first-order valence-corrected chi connectivity index (χ1v) is 12.9. The number of rotatable bonds is 12. The smallest absolute Gasteiger partial charge is 0.248 e. The van der Waals surface area contributed by atoms with Crippen LogP contribution in [0.3, 0.4) is 0 Å². The van der Waals surface area contributed by atoms with Gasteiger partial charge in [0.2, 0.25) is 5.91 Å². The first-order valence-electron chi connectivity index (χ1n) is 11.2. The van der Waals surface area contributed by atoms with E-state index in [0.29, 0.717) is 41.3 Å². The number of hydrogen-bond donors (Lipinski definition) is 0. The van der Waals surface area contributed by atoms with Crippen LogP contribution in [0.15, 0.2) is 17.0 Å². The van der Waals surface area contributed by atoms with E-state index in [1.54, 1.807) is 33.1 Å². The van der Waals surface area contributed by atoms with Crippen LogP contribution in [-0.4, -0.2) is 108 Å². The molecule has 8 nitrogen and oxygen atoms in total. The average molecular weight is 470 g/mol. The maximum atomic E-state index is 12.8. The van der Waals surface area contributed by atoms with E-state index in [1.165, 1.54) is 0 Å². The molecule has 1 fully saturated rings. The minimum Gasteiger partial charge on any atom is -0.497 e. The Bertz CT molecular complexity index is 826. The van der Waals surface area contributed by atoms with E-state index in [4.69, 9.17) is 9.47 Å². The van der Waals surface area contributed by atoms with E-state index in [-0.39, 0.29) is 24.9 Å². The van der Waals surface area contributed by atoms with Gasteiger partial charge < -0.3 is 19.3 Å². The second-order valence-electron chi connectivity index (χ2n) is 8.69. The monoisotopic (exact) mass is 469 g/mol. The molecule has 0 saturated carbocycles. The fourth-order valence-electron chi connectivity index (χ4n) is 4.05. The Morgan fingerprint density at radius 3 is 2.25 bits per heavy atom. The fourth-order valence-corrected chi connectivity index (χ4v) is 5.86. The number of sulfone groups is 1. The molecule has 0 aromatic heterocycles. The summed E-state index contributed by atoms with van der Waals surface area (Å²) in [6.45, 7) is 9.13. The summed E-state index contributed by atoms with van der Waals surface area (Å²) in [5.41, 5.74) is 1.36. The van der Waals surface area contributed by atoms with Crippen molar-refractivity contribution in [3.63, 3.8) is 0 Å². The number of methoxy groups -OCH3 is 1. The summed E-state index contributed by atoms with van der Waals surface area (Å²) in [4.78, 5) is 19.2. The highest BCUT2D eigenvalue weighted by Gasteiger charge is 2.22. The Balaban J connectivity index is 1.69.